The first-order chi connectivity index (χ1) is 12.8. The largest absolute Gasteiger partial charge is 0.381 e. The van der Waals surface area contributed by atoms with Gasteiger partial charge in [-0.25, -0.2) is 0 Å². The van der Waals surface area contributed by atoms with Gasteiger partial charge < -0.3 is 20.1 Å². The number of fused-ring (bicyclic) bond motifs is 2. The van der Waals surface area contributed by atoms with E-state index in [1.807, 2.05) is 0 Å². The van der Waals surface area contributed by atoms with E-state index in [0.717, 1.165) is 51.5 Å². The summed E-state index contributed by atoms with van der Waals surface area (Å²) in [5.74, 6) is 0.926. The van der Waals surface area contributed by atoms with E-state index in [-0.39, 0.29) is 5.41 Å². The third-order valence-electron chi connectivity index (χ3n) is 6.15. The highest BCUT2D eigenvalue weighted by Crippen LogP contribution is 2.36. The molecule has 2 bridgehead atoms. The maximum atomic E-state index is 5.99. The molecule has 26 heavy (non-hydrogen) atoms. The molecule has 3 heterocycles. The van der Waals surface area contributed by atoms with E-state index in [0.29, 0.717) is 18.2 Å². The predicted molar refractivity (Wildman–Crippen MR) is 104 cm³/mol. The van der Waals surface area contributed by atoms with Crippen molar-refractivity contribution in [1.29, 1.82) is 0 Å². The molecule has 3 saturated heterocycles. The van der Waals surface area contributed by atoms with Crippen LogP contribution in [0.1, 0.15) is 44.6 Å². The number of nitrogens with zero attached hydrogens (tertiary/aromatic N) is 1. The highest BCUT2D eigenvalue weighted by Gasteiger charge is 2.41. The molecule has 3 aliphatic rings. The molecule has 4 rings (SSSR count). The van der Waals surface area contributed by atoms with E-state index < -0.39 is 0 Å². The Hall–Kier alpha value is -1.59. The van der Waals surface area contributed by atoms with Crippen LogP contribution in [0.2, 0.25) is 0 Å². The number of hydrogen-bond acceptors (Lipinski definition) is 3. The second-order valence-electron chi connectivity index (χ2n) is 7.81. The average Bonchev–Trinajstić information content (AvgIpc) is 3.31. The number of ether oxygens (including phenoxy) is 2. The van der Waals surface area contributed by atoms with E-state index in [4.69, 9.17) is 14.5 Å². The molecule has 142 valence electrons. The van der Waals surface area contributed by atoms with Gasteiger partial charge in [-0.2, -0.15) is 0 Å². The summed E-state index contributed by atoms with van der Waals surface area (Å²) in [7, 11) is 0. The summed E-state index contributed by atoms with van der Waals surface area (Å²) in [6, 6.07) is 11.2. The Morgan fingerprint density at radius 1 is 1.19 bits per heavy atom. The molecule has 3 aliphatic heterocycles. The summed E-state index contributed by atoms with van der Waals surface area (Å²) in [5.41, 5.74) is 1.46. The molecule has 0 spiro atoms. The molecule has 3 atom stereocenters. The van der Waals surface area contributed by atoms with Crippen molar-refractivity contribution in [3.8, 4) is 0 Å². The Morgan fingerprint density at radius 3 is 2.65 bits per heavy atom. The van der Waals surface area contributed by atoms with Crippen LogP contribution < -0.4 is 10.6 Å². The number of aliphatic imine (C=N–C) groups is 1. The van der Waals surface area contributed by atoms with Gasteiger partial charge in [0.2, 0.25) is 0 Å². The van der Waals surface area contributed by atoms with Gasteiger partial charge in [0.15, 0.2) is 5.96 Å². The number of hydrogen-bond donors (Lipinski definition) is 2. The zero-order valence-electron chi connectivity index (χ0n) is 15.7. The Balaban J connectivity index is 1.49. The maximum absolute atomic E-state index is 5.99. The molecule has 3 unspecified atom stereocenters. The van der Waals surface area contributed by atoms with Crippen LogP contribution >= 0.6 is 0 Å². The van der Waals surface area contributed by atoms with Crippen LogP contribution in [-0.2, 0) is 14.9 Å². The molecule has 5 nitrogen and oxygen atoms in total. The van der Waals surface area contributed by atoms with Crippen molar-refractivity contribution in [2.75, 3.05) is 26.3 Å². The monoisotopic (exact) mass is 357 g/mol. The van der Waals surface area contributed by atoms with Crippen molar-refractivity contribution in [1.82, 2.24) is 10.6 Å². The molecule has 3 fully saturated rings. The van der Waals surface area contributed by atoms with Crippen molar-refractivity contribution in [3.63, 3.8) is 0 Å². The van der Waals surface area contributed by atoms with Crippen molar-refractivity contribution in [2.24, 2.45) is 4.99 Å². The summed E-state index contributed by atoms with van der Waals surface area (Å²) in [4.78, 5) is 5.02. The van der Waals surface area contributed by atoms with Crippen LogP contribution in [0.4, 0.5) is 0 Å². The number of benzene rings is 1. The van der Waals surface area contributed by atoms with E-state index in [9.17, 15) is 0 Å². The summed E-state index contributed by atoms with van der Waals surface area (Å²) in [6.07, 6.45) is 6.35. The smallest absolute Gasteiger partial charge is 0.191 e. The minimum Gasteiger partial charge on any atom is -0.381 e. The van der Waals surface area contributed by atoms with Crippen LogP contribution in [0.3, 0.4) is 0 Å². The number of nitrogens with one attached hydrogen (secondary N) is 2. The minimum absolute atomic E-state index is 0.0764. The Bertz CT molecular complexity index is 613. The van der Waals surface area contributed by atoms with Gasteiger partial charge >= 0.3 is 0 Å². The zero-order valence-corrected chi connectivity index (χ0v) is 15.7. The first-order valence-electron chi connectivity index (χ1n) is 10.1. The van der Waals surface area contributed by atoms with Crippen LogP contribution in [0.5, 0.6) is 0 Å². The fourth-order valence-electron chi connectivity index (χ4n) is 4.61. The first kappa shape index (κ1) is 17.8. The van der Waals surface area contributed by atoms with Gasteiger partial charge in [-0.15, -0.1) is 0 Å². The van der Waals surface area contributed by atoms with Gasteiger partial charge in [-0.05, 0) is 44.6 Å². The lowest BCUT2D eigenvalue weighted by atomic mass is 9.74. The highest BCUT2D eigenvalue weighted by molar-refractivity contribution is 5.80. The summed E-state index contributed by atoms with van der Waals surface area (Å²) in [5, 5.41) is 7.07. The predicted octanol–water partition coefficient (Wildman–Crippen LogP) is 2.61. The standard InChI is InChI=1S/C21H31N3O2/c1-2-22-20(24-18-14-17-8-9-19(18)26-17)23-15-21(10-12-25-13-11-21)16-6-4-3-5-7-16/h3-7,17-19H,2,8-15H2,1H3,(H2,22,23,24). The van der Waals surface area contributed by atoms with Gasteiger partial charge in [0.05, 0.1) is 24.8 Å². The van der Waals surface area contributed by atoms with Crippen LogP contribution in [-0.4, -0.2) is 50.5 Å². The Morgan fingerprint density at radius 2 is 2.00 bits per heavy atom. The molecule has 0 aromatic heterocycles. The van der Waals surface area contributed by atoms with Crippen LogP contribution in [0, 0.1) is 0 Å². The van der Waals surface area contributed by atoms with Crippen molar-refractivity contribution < 1.29 is 9.47 Å². The SMILES string of the molecule is CCNC(=NCC1(c2ccccc2)CCOCC1)NC1CC2CCC1O2. The van der Waals surface area contributed by atoms with Gasteiger partial charge in [-0.1, -0.05) is 30.3 Å². The second kappa shape index (κ2) is 7.97. The summed E-state index contributed by atoms with van der Waals surface area (Å²) >= 11 is 0. The lowest BCUT2D eigenvalue weighted by Gasteiger charge is -2.37. The van der Waals surface area contributed by atoms with Gasteiger partial charge in [0, 0.05) is 25.2 Å². The third kappa shape index (κ3) is 3.74. The number of rotatable bonds is 5. The molecule has 2 N–H and O–H groups in total. The minimum atomic E-state index is 0.0764. The second-order valence-corrected chi connectivity index (χ2v) is 7.81. The molecule has 5 heteroatoms. The highest BCUT2D eigenvalue weighted by atomic mass is 16.5. The third-order valence-corrected chi connectivity index (χ3v) is 6.15. The van der Waals surface area contributed by atoms with E-state index in [2.05, 4.69) is 47.9 Å². The van der Waals surface area contributed by atoms with Gasteiger partial charge in [0.25, 0.3) is 0 Å². The number of guanidine groups is 1. The molecule has 0 amide bonds. The van der Waals surface area contributed by atoms with Crippen molar-refractivity contribution >= 4 is 5.96 Å². The fourth-order valence-corrected chi connectivity index (χ4v) is 4.61. The molecule has 1 aromatic rings. The summed E-state index contributed by atoms with van der Waals surface area (Å²) in [6.45, 7) is 5.41. The molecule has 0 radical (unpaired) electrons. The lowest BCUT2D eigenvalue weighted by molar-refractivity contribution is 0.0531. The summed E-state index contributed by atoms with van der Waals surface area (Å²) < 4.78 is 11.6. The molecule has 1 aromatic carbocycles. The van der Waals surface area contributed by atoms with E-state index in [1.165, 1.54) is 18.4 Å². The van der Waals surface area contributed by atoms with E-state index >= 15 is 0 Å². The van der Waals surface area contributed by atoms with Crippen LogP contribution in [0.25, 0.3) is 0 Å². The molecular weight excluding hydrogens is 326 g/mol. The zero-order chi connectivity index (χ0) is 17.8. The van der Waals surface area contributed by atoms with E-state index in [1.54, 1.807) is 0 Å². The Labute approximate surface area is 156 Å². The van der Waals surface area contributed by atoms with Crippen LogP contribution in [0.15, 0.2) is 35.3 Å². The molecule has 0 aliphatic carbocycles. The lowest BCUT2D eigenvalue weighted by Crippen LogP contribution is -2.48. The fraction of sp³-hybridized carbons (Fsp3) is 0.667. The molecule has 0 saturated carbocycles. The van der Waals surface area contributed by atoms with Gasteiger partial charge in [0.1, 0.15) is 0 Å². The first-order valence-corrected chi connectivity index (χ1v) is 10.1. The quantitative estimate of drug-likeness (QED) is 0.628. The molecular formula is C21H31N3O2. The normalized spacial score (nSPS) is 30.3. The Kier molecular flexibility index (Phi) is 5.46. The van der Waals surface area contributed by atoms with Crippen molar-refractivity contribution in [2.45, 2.75) is 62.7 Å². The van der Waals surface area contributed by atoms with Crippen molar-refractivity contribution in [3.05, 3.63) is 35.9 Å². The maximum Gasteiger partial charge on any atom is 0.191 e. The van der Waals surface area contributed by atoms with Gasteiger partial charge in [-0.3, -0.25) is 4.99 Å². The average molecular weight is 357 g/mol. The topological polar surface area (TPSA) is 54.9 Å².